The van der Waals surface area contributed by atoms with E-state index in [2.05, 4.69) is 20.6 Å². The molecule has 104 valence electrons. The molecule has 1 saturated carbocycles. The van der Waals surface area contributed by atoms with Gasteiger partial charge < -0.3 is 10.6 Å². The fourth-order valence-corrected chi connectivity index (χ4v) is 3.65. The molecule has 1 saturated heterocycles. The minimum atomic E-state index is 0.579. The molecule has 1 aromatic rings. The molecule has 2 fully saturated rings. The van der Waals surface area contributed by atoms with Gasteiger partial charge in [0, 0.05) is 12.1 Å². The molecule has 3 rings (SSSR count). The smallest absolute Gasteiger partial charge is 0.115 e. The van der Waals surface area contributed by atoms with Crippen LogP contribution in [0, 0.1) is 5.92 Å². The van der Waals surface area contributed by atoms with Crippen LogP contribution in [0.15, 0.2) is 18.7 Å². The van der Waals surface area contributed by atoms with Gasteiger partial charge in [0.2, 0.25) is 0 Å². The van der Waals surface area contributed by atoms with Crippen LogP contribution in [0.25, 0.3) is 0 Å². The quantitative estimate of drug-likeness (QED) is 0.877. The average Bonchev–Trinajstić information content (AvgIpc) is 2.50. The Hall–Kier alpha value is -1.16. The van der Waals surface area contributed by atoms with Gasteiger partial charge in [-0.05, 0) is 38.1 Å². The highest BCUT2D eigenvalue weighted by molar-refractivity contribution is 5.38. The zero-order valence-corrected chi connectivity index (χ0v) is 11.5. The van der Waals surface area contributed by atoms with Crippen molar-refractivity contribution in [3.63, 3.8) is 0 Å². The Kier molecular flexibility index (Phi) is 4.28. The summed E-state index contributed by atoms with van der Waals surface area (Å²) in [5.41, 5.74) is 1.07. The van der Waals surface area contributed by atoms with Crippen molar-refractivity contribution in [3.05, 3.63) is 18.7 Å². The zero-order chi connectivity index (χ0) is 12.9. The minimum absolute atomic E-state index is 0.579. The summed E-state index contributed by atoms with van der Waals surface area (Å²) in [5, 5.41) is 7.40. The molecule has 0 amide bonds. The lowest BCUT2D eigenvalue weighted by Gasteiger charge is -2.40. The van der Waals surface area contributed by atoms with E-state index >= 15 is 0 Å². The largest absolute Gasteiger partial charge is 0.379 e. The monoisotopic (exact) mass is 260 g/mol. The molecule has 3 atom stereocenters. The second kappa shape index (κ2) is 6.33. The Morgan fingerprint density at radius 1 is 1.00 bits per heavy atom. The minimum Gasteiger partial charge on any atom is -0.379 e. The lowest BCUT2D eigenvalue weighted by molar-refractivity contribution is 0.217. The normalized spacial score (nSPS) is 31.9. The molecule has 2 N–H and O–H groups in total. The van der Waals surface area contributed by atoms with E-state index in [0.29, 0.717) is 12.1 Å². The summed E-state index contributed by atoms with van der Waals surface area (Å²) in [6, 6.07) is 1.28. The third kappa shape index (κ3) is 3.24. The number of rotatable bonds is 3. The zero-order valence-electron chi connectivity index (χ0n) is 11.5. The Labute approximate surface area is 115 Å². The van der Waals surface area contributed by atoms with Crippen molar-refractivity contribution in [2.75, 3.05) is 11.9 Å². The lowest BCUT2D eigenvalue weighted by atomic mass is 9.77. The first-order valence-corrected chi connectivity index (χ1v) is 7.68. The maximum Gasteiger partial charge on any atom is 0.115 e. The van der Waals surface area contributed by atoms with Gasteiger partial charge in [0.15, 0.2) is 0 Å². The van der Waals surface area contributed by atoms with Gasteiger partial charge in [0.05, 0.1) is 18.1 Å². The topological polar surface area (TPSA) is 49.8 Å². The van der Waals surface area contributed by atoms with Crippen LogP contribution in [0.4, 0.5) is 5.69 Å². The molecule has 0 bridgehead atoms. The average molecular weight is 260 g/mol. The van der Waals surface area contributed by atoms with E-state index in [1.165, 1.54) is 51.5 Å². The maximum atomic E-state index is 4.10. The van der Waals surface area contributed by atoms with Gasteiger partial charge in [0.25, 0.3) is 0 Å². The molecule has 4 nitrogen and oxygen atoms in total. The van der Waals surface area contributed by atoms with Crippen molar-refractivity contribution >= 4 is 5.69 Å². The lowest BCUT2D eigenvalue weighted by Crippen LogP contribution is -2.48. The van der Waals surface area contributed by atoms with E-state index in [-0.39, 0.29) is 0 Å². The Morgan fingerprint density at radius 3 is 2.58 bits per heavy atom. The summed E-state index contributed by atoms with van der Waals surface area (Å²) < 4.78 is 0. The number of anilines is 1. The molecule has 0 radical (unpaired) electrons. The second-order valence-electron chi connectivity index (χ2n) is 5.88. The van der Waals surface area contributed by atoms with Crippen molar-refractivity contribution in [2.24, 2.45) is 5.92 Å². The molecular weight excluding hydrogens is 236 g/mol. The maximum absolute atomic E-state index is 4.10. The van der Waals surface area contributed by atoms with Crippen molar-refractivity contribution < 1.29 is 0 Å². The Morgan fingerprint density at radius 2 is 1.79 bits per heavy atom. The molecular formula is C15H24N4. The van der Waals surface area contributed by atoms with Gasteiger partial charge in [-0.2, -0.15) is 0 Å². The summed E-state index contributed by atoms with van der Waals surface area (Å²) in [6.07, 6.45) is 14.8. The second-order valence-corrected chi connectivity index (χ2v) is 5.88. The summed E-state index contributed by atoms with van der Waals surface area (Å²) in [4.78, 5) is 8.20. The van der Waals surface area contributed by atoms with Crippen LogP contribution in [0.2, 0.25) is 0 Å². The first-order valence-electron chi connectivity index (χ1n) is 7.68. The van der Waals surface area contributed by atoms with Crippen LogP contribution < -0.4 is 10.6 Å². The molecule has 3 unspecified atom stereocenters. The van der Waals surface area contributed by atoms with Crippen LogP contribution in [0.3, 0.4) is 0 Å². The number of hydrogen-bond acceptors (Lipinski definition) is 4. The predicted octanol–water partition coefficient (Wildman–Crippen LogP) is 2.59. The molecule has 19 heavy (non-hydrogen) atoms. The van der Waals surface area contributed by atoms with Gasteiger partial charge in [-0.3, -0.25) is 0 Å². The molecule has 1 aromatic heterocycles. The van der Waals surface area contributed by atoms with Crippen LogP contribution in [-0.4, -0.2) is 28.6 Å². The first-order chi connectivity index (χ1) is 9.43. The Bertz CT molecular complexity index is 375. The first kappa shape index (κ1) is 12.9. The predicted molar refractivity (Wildman–Crippen MR) is 77.0 cm³/mol. The number of nitrogens with zero attached hydrogens (tertiary/aromatic N) is 2. The summed E-state index contributed by atoms with van der Waals surface area (Å²) in [6.45, 7) is 1.20. The van der Waals surface area contributed by atoms with Gasteiger partial charge in [-0.1, -0.05) is 19.3 Å². The van der Waals surface area contributed by atoms with Gasteiger partial charge >= 0.3 is 0 Å². The number of aromatic nitrogens is 2. The summed E-state index contributed by atoms with van der Waals surface area (Å²) >= 11 is 0. The molecule has 2 heterocycles. The van der Waals surface area contributed by atoms with E-state index in [4.69, 9.17) is 0 Å². The van der Waals surface area contributed by atoms with Crippen molar-refractivity contribution in [2.45, 2.75) is 57.0 Å². The fourth-order valence-electron chi connectivity index (χ4n) is 3.65. The van der Waals surface area contributed by atoms with E-state index in [9.17, 15) is 0 Å². The third-order valence-electron chi connectivity index (χ3n) is 4.60. The van der Waals surface area contributed by atoms with Crippen LogP contribution in [0.5, 0.6) is 0 Å². The highest BCUT2D eigenvalue weighted by Gasteiger charge is 2.32. The molecule has 1 aliphatic heterocycles. The van der Waals surface area contributed by atoms with E-state index in [1.54, 1.807) is 6.33 Å². The highest BCUT2D eigenvalue weighted by atomic mass is 15.0. The van der Waals surface area contributed by atoms with Gasteiger partial charge in [-0.25, -0.2) is 9.97 Å². The number of hydrogen-bond donors (Lipinski definition) is 2. The van der Waals surface area contributed by atoms with Crippen LogP contribution in [-0.2, 0) is 0 Å². The fraction of sp³-hybridized carbons (Fsp3) is 0.733. The summed E-state index contributed by atoms with van der Waals surface area (Å²) in [7, 11) is 0. The SMILES string of the molecule is c1ncc(NC2CCCCC2C2CCCCN2)cn1. The van der Waals surface area contributed by atoms with Crippen molar-refractivity contribution in [1.82, 2.24) is 15.3 Å². The van der Waals surface area contributed by atoms with E-state index < -0.39 is 0 Å². The molecule has 4 heteroatoms. The number of nitrogens with one attached hydrogen (secondary N) is 2. The number of piperidine rings is 1. The van der Waals surface area contributed by atoms with Crippen LogP contribution in [0.1, 0.15) is 44.9 Å². The third-order valence-corrected chi connectivity index (χ3v) is 4.60. The van der Waals surface area contributed by atoms with E-state index in [1.807, 2.05) is 12.4 Å². The van der Waals surface area contributed by atoms with Crippen molar-refractivity contribution in [3.8, 4) is 0 Å². The standard InChI is InChI=1S/C15H24N4/c1-2-7-15(19-12-9-16-11-17-10-12)13(5-1)14-6-3-4-8-18-14/h9-11,13-15,18-19H,1-8H2. The van der Waals surface area contributed by atoms with Crippen LogP contribution >= 0.6 is 0 Å². The molecule has 2 aliphatic rings. The highest BCUT2D eigenvalue weighted by Crippen LogP contribution is 2.32. The van der Waals surface area contributed by atoms with E-state index in [0.717, 1.165) is 11.6 Å². The molecule has 0 aromatic carbocycles. The molecule has 1 aliphatic carbocycles. The molecule has 0 spiro atoms. The van der Waals surface area contributed by atoms with Crippen molar-refractivity contribution in [1.29, 1.82) is 0 Å². The van der Waals surface area contributed by atoms with Gasteiger partial charge in [0.1, 0.15) is 6.33 Å². The summed E-state index contributed by atoms with van der Waals surface area (Å²) in [5.74, 6) is 0.759. The Balaban J connectivity index is 1.66. The van der Waals surface area contributed by atoms with Gasteiger partial charge in [-0.15, -0.1) is 0 Å².